The van der Waals surface area contributed by atoms with Gasteiger partial charge in [0.25, 0.3) is 0 Å². The number of hydrogen-bond acceptors (Lipinski definition) is 4. The van der Waals surface area contributed by atoms with Crippen molar-refractivity contribution in [3.63, 3.8) is 0 Å². The zero-order chi connectivity index (χ0) is 16.2. The van der Waals surface area contributed by atoms with E-state index in [1.54, 1.807) is 0 Å². The van der Waals surface area contributed by atoms with Crippen LogP contribution in [0.15, 0.2) is 4.99 Å². The molecule has 0 aromatic rings. The molecule has 0 bridgehead atoms. The third kappa shape index (κ3) is 9.39. The Hall–Kier alpha value is -0.120. The molecular formula is C17H36IN5O. The minimum Gasteiger partial charge on any atom is -0.379 e. The number of nitrogens with one attached hydrogen (secondary N) is 2. The van der Waals surface area contributed by atoms with Gasteiger partial charge >= 0.3 is 0 Å². The van der Waals surface area contributed by atoms with Crippen molar-refractivity contribution in [3.05, 3.63) is 0 Å². The van der Waals surface area contributed by atoms with Crippen LogP contribution in [-0.4, -0.2) is 87.9 Å². The highest BCUT2D eigenvalue weighted by Crippen LogP contribution is 2.07. The van der Waals surface area contributed by atoms with Crippen LogP contribution >= 0.6 is 24.0 Å². The molecule has 0 radical (unpaired) electrons. The van der Waals surface area contributed by atoms with Gasteiger partial charge in [-0.25, -0.2) is 0 Å². The number of likely N-dealkylation sites (tertiary alicyclic amines) is 1. The minimum atomic E-state index is 0. The molecule has 142 valence electrons. The van der Waals surface area contributed by atoms with Gasteiger partial charge in [0.1, 0.15) is 0 Å². The van der Waals surface area contributed by atoms with Crippen molar-refractivity contribution in [2.24, 2.45) is 4.99 Å². The lowest BCUT2D eigenvalue weighted by Gasteiger charge is -2.27. The molecule has 2 N–H and O–H groups in total. The quantitative estimate of drug-likeness (QED) is 0.252. The van der Waals surface area contributed by atoms with E-state index < -0.39 is 0 Å². The normalized spacial score (nSPS) is 20.5. The van der Waals surface area contributed by atoms with Crippen molar-refractivity contribution in [3.8, 4) is 0 Å². The Labute approximate surface area is 164 Å². The van der Waals surface area contributed by atoms with Gasteiger partial charge in [-0.2, -0.15) is 0 Å². The minimum absolute atomic E-state index is 0. The van der Waals surface area contributed by atoms with Crippen molar-refractivity contribution in [2.45, 2.75) is 32.6 Å². The van der Waals surface area contributed by atoms with Gasteiger partial charge in [0.2, 0.25) is 0 Å². The maximum Gasteiger partial charge on any atom is 0.191 e. The van der Waals surface area contributed by atoms with Crippen LogP contribution in [0.25, 0.3) is 0 Å². The molecule has 7 heteroatoms. The Morgan fingerprint density at radius 1 is 0.958 bits per heavy atom. The van der Waals surface area contributed by atoms with Crippen LogP contribution < -0.4 is 10.6 Å². The molecule has 0 atom stereocenters. The average molecular weight is 453 g/mol. The number of rotatable bonds is 8. The van der Waals surface area contributed by atoms with Gasteiger partial charge in [-0.15, -0.1) is 24.0 Å². The SMILES string of the molecule is CCNC(=NCCCN1CCOCC1)NCCN1CCCCC1.I. The molecule has 0 aromatic carbocycles. The van der Waals surface area contributed by atoms with E-state index in [0.717, 1.165) is 71.4 Å². The summed E-state index contributed by atoms with van der Waals surface area (Å²) in [6, 6.07) is 0. The lowest BCUT2D eigenvalue weighted by atomic mass is 10.1. The molecule has 0 amide bonds. The van der Waals surface area contributed by atoms with E-state index >= 15 is 0 Å². The van der Waals surface area contributed by atoms with E-state index in [4.69, 9.17) is 9.73 Å². The number of guanidine groups is 1. The number of aliphatic imine (C=N–C) groups is 1. The van der Waals surface area contributed by atoms with Gasteiger partial charge in [0, 0.05) is 45.8 Å². The van der Waals surface area contributed by atoms with E-state index in [1.807, 2.05) is 0 Å². The first-order valence-corrected chi connectivity index (χ1v) is 9.43. The largest absolute Gasteiger partial charge is 0.379 e. The topological polar surface area (TPSA) is 52.1 Å². The highest BCUT2D eigenvalue weighted by Gasteiger charge is 2.10. The molecule has 6 nitrogen and oxygen atoms in total. The summed E-state index contributed by atoms with van der Waals surface area (Å²) in [5.74, 6) is 0.964. The molecule has 2 rings (SSSR count). The van der Waals surface area contributed by atoms with Gasteiger partial charge in [-0.1, -0.05) is 6.42 Å². The summed E-state index contributed by atoms with van der Waals surface area (Å²) in [7, 11) is 0. The molecule has 0 saturated carbocycles. The first-order chi connectivity index (χ1) is 11.4. The molecule has 0 aromatic heterocycles. The van der Waals surface area contributed by atoms with Crippen LogP contribution in [0.2, 0.25) is 0 Å². The summed E-state index contributed by atoms with van der Waals surface area (Å²) in [5, 5.41) is 6.82. The van der Waals surface area contributed by atoms with Gasteiger partial charge in [0.05, 0.1) is 13.2 Å². The van der Waals surface area contributed by atoms with E-state index in [2.05, 4.69) is 27.4 Å². The van der Waals surface area contributed by atoms with E-state index in [-0.39, 0.29) is 24.0 Å². The summed E-state index contributed by atoms with van der Waals surface area (Å²) in [6.45, 7) is 13.6. The van der Waals surface area contributed by atoms with Gasteiger partial charge in [0.15, 0.2) is 5.96 Å². The maximum absolute atomic E-state index is 5.38. The Kier molecular flexibility index (Phi) is 12.9. The summed E-state index contributed by atoms with van der Waals surface area (Å²) in [6.07, 6.45) is 5.23. The van der Waals surface area contributed by atoms with Crippen LogP contribution in [0, 0.1) is 0 Å². The van der Waals surface area contributed by atoms with E-state index in [1.165, 1.54) is 32.4 Å². The average Bonchev–Trinajstić information content (AvgIpc) is 2.60. The van der Waals surface area contributed by atoms with Gasteiger partial charge < -0.3 is 20.3 Å². The van der Waals surface area contributed by atoms with Crippen molar-refractivity contribution >= 4 is 29.9 Å². The van der Waals surface area contributed by atoms with Crippen molar-refractivity contribution in [2.75, 3.05) is 72.1 Å². The van der Waals surface area contributed by atoms with E-state index in [9.17, 15) is 0 Å². The number of piperidine rings is 1. The summed E-state index contributed by atoms with van der Waals surface area (Å²) in [5.41, 5.74) is 0. The molecule has 2 aliphatic rings. The Morgan fingerprint density at radius 2 is 1.67 bits per heavy atom. The molecule has 24 heavy (non-hydrogen) atoms. The first kappa shape index (κ1) is 21.9. The molecule has 2 fully saturated rings. The fourth-order valence-corrected chi connectivity index (χ4v) is 3.17. The molecule has 2 saturated heterocycles. The van der Waals surface area contributed by atoms with Crippen LogP contribution in [0.1, 0.15) is 32.6 Å². The summed E-state index contributed by atoms with van der Waals surface area (Å²) in [4.78, 5) is 9.72. The predicted octanol–water partition coefficient (Wildman–Crippen LogP) is 1.37. The molecular weight excluding hydrogens is 417 g/mol. The monoisotopic (exact) mass is 453 g/mol. The van der Waals surface area contributed by atoms with E-state index in [0.29, 0.717) is 0 Å². The molecule has 0 spiro atoms. The zero-order valence-electron chi connectivity index (χ0n) is 15.3. The molecule has 2 heterocycles. The fraction of sp³-hybridized carbons (Fsp3) is 0.941. The van der Waals surface area contributed by atoms with Crippen LogP contribution in [0.4, 0.5) is 0 Å². The molecule has 0 unspecified atom stereocenters. The highest BCUT2D eigenvalue weighted by atomic mass is 127. The number of nitrogens with zero attached hydrogens (tertiary/aromatic N) is 3. The fourth-order valence-electron chi connectivity index (χ4n) is 3.17. The van der Waals surface area contributed by atoms with Crippen molar-refractivity contribution in [1.82, 2.24) is 20.4 Å². The summed E-state index contributed by atoms with van der Waals surface area (Å²) >= 11 is 0. The van der Waals surface area contributed by atoms with Gasteiger partial charge in [-0.3, -0.25) is 9.89 Å². The second kappa shape index (κ2) is 14.1. The van der Waals surface area contributed by atoms with Crippen LogP contribution in [0.5, 0.6) is 0 Å². The Balaban J connectivity index is 0.00000288. The lowest BCUT2D eigenvalue weighted by Crippen LogP contribution is -2.42. The Bertz CT molecular complexity index is 331. The highest BCUT2D eigenvalue weighted by molar-refractivity contribution is 14.0. The number of hydrogen-bond donors (Lipinski definition) is 2. The number of halogens is 1. The second-order valence-electron chi connectivity index (χ2n) is 6.40. The standard InChI is InChI=1S/C17H35N5O.HI/c1-2-18-17(20-8-12-21-9-4-3-5-10-21)19-7-6-11-22-13-15-23-16-14-22;/h2-16H2,1H3,(H2,18,19,20);1H. The lowest BCUT2D eigenvalue weighted by molar-refractivity contribution is 0.0377. The Morgan fingerprint density at radius 3 is 2.38 bits per heavy atom. The second-order valence-corrected chi connectivity index (χ2v) is 6.40. The molecule has 2 aliphatic heterocycles. The predicted molar refractivity (Wildman–Crippen MR) is 112 cm³/mol. The van der Waals surface area contributed by atoms with Crippen LogP contribution in [0.3, 0.4) is 0 Å². The third-order valence-electron chi connectivity index (χ3n) is 4.52. The van der Waals surface area contributed by atoms with Crippen molar-refractivity contribution < 1.29 is 4.74 Å². The third-order valence-corrected chi connectivity index (χ3v) is 4.52. The smallest absolute Gasteiger partial charge is 0.191 e. The molecule has 0 aliphatic carbocycles. The van der Waals surface area contributed by atoms with Gasteiger partial charge in [-0.05, 0) is 39.3 Å². The first-order valence-electron chi connectivity index (χ1n) is 9.43. The number of ether oxygens (including phenoxy) is 1. The zero-order valence-corrected chi connectivity index (χ0v) is 17.6. The number of morpholine rings is 1. The summed E-state index contributed by atoms with van der Waals surface area (Å²) < 4.78 is 5.38. The van der Waals surface area contributed by atoms with Crippen LogP contribution in [-0.2, 0) is 4.74 Å². The van der Waals surface area contributed by atoms with Crippen molar-refractivity contribution in [1.29, 1.82) is 0 Å². The maximum atomic E-state index is 5.38.